The van der Waals surface area contributed by atoms with Crippen LogP contribution >= 0.6 is 0 Å². The first kappa shape index (κ1) is 14.0. The minimum Gasteiger partial charge on any atom is -0.381 e. The lowest BCUT2D eigenvalue weighted by Gasteiger charge is -2.20. The summed E-state index contributed by atoms with van der Waals surface area (Å²) in [4.78, 5) is 14.4. The van der Waals surface area contributed by atoms with Crippen LogP contribution in [0.4, 0.5) is 0 Å². The molecule has 2 saturated heterocycles. The summed E-state index contributed by atoms with van der Waals surface area (Å²) in [6, 6.07) is 0. The van der Waals surface area contributed by atoms with Gasteiger partial charge in [0.05, 0.1) is 12.7 Å². The van der Waals surface area contributed by atoms with E-state index in [4.69, 9.17) is 9.47 Å². The molecule has 0 spiro atoms. The number of rotatable bonds is 6. The molecule has 5 atom stereocenters. The fraction of sp³-hybridized carbons (Fsp3) is 0.941. The first-order valence-electron chi connectivity index (χ1n) is 8.70. The van der Waals surface area contributed by atoms with Crippen molar-refractivity contribution in [3.05, 3.63) is 0 Å². The smallest absolute Gasteiger partial charge is 0.226 e. The average Bonchev–Trinajstić information content (AvgIpc) is 3.34. The lowest BCUT2D eigenvalue weighted by atomic mass is 9.91. The SMILES string of the molecule is CC1CC1C(=O)N1C[C@H]2[C@@H](CCOCC3CC3)CO[C@H]2C1. The predicted molar refractivity (Wildman–Crippen MR) is 78.7 cm³/mol. The molecule has 118 valence electrons. The molecule has 0 aromatic rings. The molecule has 0 bridgehead atoms. The fourth-order valence-corrected chi connectivity index (χ4v) is 3.95. The van der Waals surface area contributed by atoms with E-state index < -0.39 is 0 Å². The van der Waals surface area contributed by atoms with E-state index in [9.17, 15) is 4.79 Å². The van der Waals surface area contributed by atoms with E-state index in [1.807, 2.05) is 0 Å². The molecule has 4 rings (SSSR count). The van der Waals surface area contributed by atoms with Crippen LogP contribution in [0.5, 0.6) is 0 Å². The lowest BCUT2D eigenvalue weighted by molar-refractivity contribution is -0.132. The average molecular weight is 293 g/mol. The number of nitrogens with zero attached hydrogens (tertiary/aromatic N) is 1. The van der Waals surface area contributed by atoms with Crippen LogP contribution in [-0.2, 0) is 14.3 Å². The highest BCUT2D eigenvalue weighted by atomic mass is 16.5. The van der Waals surface area contributed by atoms with Gasteiger partial charge in [0.1, 0.15) is 0 Å². The minimum atomic E-state index is 0.288. The van der Waals surface area contributed by atoms with Crippen molar-refractivity contribution in [2.75, 3.05) is 32.9 Å². The number of amides is 1. The first-order chi connectivity index (χ1) is 10.2. The highest BCUT2D eigenvalue weighted by Crippen LogP contribution is 2.42. The molecule has 2 aliphatic heterocycles. The zero-order valence-electron chi connectivity index (χ0n) is 13.0. The summed E-state index contributed by atoms with van der Waals surface area (Å²) in [5.41, 5.74) is 0. The maximum Gasteiger partial charge on any atom is 0.226 e. The molecule has 1 amide bonds. The van der Waals surface area contributed by atoms with Gasteiger partial charge in [-0.25, -0.2) is 0 Å². The van der Waals surface area contributed by atoms with E-state index in [2.05, 4.69) is 11.8 Å². The largest absolute Gasteiger partial charge is 0.381 e. The maximum atomic E-state index is 12.3. The summed E-state index contributed by atoms with van der Waals surface area (Å²) in [6.45, 7) is 6.60. The molecule has 2 saturated carbocycles. The zero-order chi connectivity index (χ0) is 14.4. The summed E-state index contributed by atoms with van der Waals surface area (Å²) in [5.74, 6) is 3.27. The van der Waals surface area contributed by atoms with Gasteiger partial charge in [0.25, 0.3) is 0 Å². The molecule has 0 N–H and O–H groups in total. The number of likely N-dealkylation sites (tertiary alicyclic amines) is 1. The Morgan fingerprint density at radius 1 is 1.33 bits per heavy atom. The summed E-state index contributed by atoms with van der Waals surface area (Å²) >= 11 is 0. The van der Waals surface area contributed by atoms with Gasteiger partial charge in [-0.05, 0) is 43.4 Å². The van der Waals surface area contributed by atoms with E-state index >= 15 is 0 Å². The Labute approximate surface area is 127 Å². The Bertz CT molecular complexity index is 409. The maximum absolute atomic E-state index is 12.3. The van der Waals surface area contributed by atoms with Crippen LogP contribution in [0.1, 0.15) is 32.6 Å². The molecule has 0 aromatic carbocycles. The third-order valence-corrected chi connectivity index (χ3v) is 5.86. The number of ether oxygens (including phenoxy) is 2. The third-order valence-electron chi connectivity index (χ3n) is 5.86. The van der Waals surface area contributed by atoms with Gasteiger partial charge >= 0.3 is 0 Å². The molecule has 2 heterocycles. The monoisotopic (exact) mass is 293 g/mol. The van der Waals surface area contributed by atoms with Crippen molar-refractivity contribution in [3.8, 4) is 0 Å². The van der Waals surface area contributed by atoms with Gasteiger partial charge in [0.15, 0.2) is 0 Å². The van der Waals surface area contributed by atoms with Gasteiger partial charge < -0.3 is 14.4 Å². The van der Waals surface area contributed by atoms with E-state index in [1.165, 1.54) is 12.8 Å². The van der Waals surface area contributed by atoms with E-state index in [1.54, 1.807) is 0 Å². The Kier molecular flexibility index (Phi) is 3.70. The Morgan fingerprint density at radius 3 is 2.86 bits per heavy atom. The van der Waals surface area contributed by atoms with Crippen molar-refractivity contribution in [1.29, 1.82) is 0 Å². The number of carbonyl (C=O) groups excluding carboxylic acids is 1. The number of carbonyl (C=O) groups is 1. The van der Waals surface area contributed by atoms with Crippen LogP contribution in [0.3, 0.4) is 0 Å². The molecule has 2 unspecified atom stereocenters. The number of hydrogen-bond donors (Lipinski definition) is 0. The summed E-state index contributed by atoms with van der Waals surface area (Å²) in [6.07, 6.45) is 5.18. The van der Waals surface area contributed by atoms with Crippen molar-refractivity contribution in [2.24, 2.45) is 29.6 Å². The Balaban J connectivity index is 1.24. The second kappa shape index (κ2) is 5.54. The van der Waals surface area contributed by atoms with Crippen molar-refractivity contribution >= 4 is 5.91 Å². The summed E-state index contributed by atoms with van der Waals surface area (Å²) < 4.78 is 11.7. The highest BCUT2D eigenvalue weighted by molar-refractivity contribution is 5.82. The third kappa shape index (κ3) is 2.98. The van der Waals surface area contributed by atoms with Crippen molar-refractivity contribution in [3.63, 3.8) is 0 Å². The molecule has 4 heteroatoms. The van der Waals surface area contributed by atoms with Crippen molar-refractivity contribution < 1.29 is 14.3 Å². The number of hydrogen-bond acceptors (Lipinski definition) is 3. The van der Waals surface area contributed by atoms with Gasteiger partial charge in [-0.3, -0.25) is 4.79 Å². The molecule has 21 heavy (non-hydrogen) atoms. The molecular formula is C17H27NO3. The van der Waals surface area contributed by atoms with E-state index in [-0.39, 0.29) is 6.10 Å². The zero-order valence-corrected chi connectivity index (χ0v) is 13.0. The normalized spacial score (nSPS) is 41.4. The van der Waals surface area contributed by atoms with Crippen LogP contribution in [0, 0.1) is 29.6 Å². The second-order valence-corrected chi connectivity index (χ2v) is 7.67. The molecule has 4 fully saturated rings. The van der Waals surface area contributed by atoms with E-state index in [0.717, 1.165) is 51.7 Å². The van der Waals surface area contributed by atoms with Crippen molar-refractivity contribution in [2.45, 2.75) is 38.7 Å². The van der Waals surface area contributed by atoms with Gasteiger partial charge in [-0.15, -0.1) is 0 Å². The Hall–Kier alpha value is -0.610. The molecule has 0 radical (unpaired) electrons. The van der Waals surface area contributed by atoms with Crippen LogP contribution in [-0.4, -0.2) is 49.8 Å². The molecule has 4 nitrogen and oxygen atoms in total. The van der Waals surface area contributed by atoms with E-state index in [0.29, 0.717) is 29.6 Å². The number of fused-ring (bicyclic) bond motifs is 1. The standard InChI is InChI=1S/C17H27NO3/c1-11-6-14(11)17(19)18-7-15-13(10-21-16(15)8-18)4-5-20-9-12-2-3-12/h11-16H,2-10H2,1H3/t11?,13-,14?,15-,16-/m0/s1. The quantitative estimate of drug-likeness (QED) is 0.703. The lowest BCUT2D eigenvalue weighted by Crippen LogP contribution is -2.32. The van der Waals surface area contributed by atoms with Crippen LogP contribution < -0.4 is 0 Å². The predicted octanol–water partition coefficient (Wildman–Crippen LogP) is 1.93. The highest BCUT2D eigenvalue weighted by Gasteiger charge is 2.49. The molecule has 2 aliphatic carbocycles. The summed E-state index contributed by atoms with van der Waals surface area (Å²) in [7, 11) is 0. The second-order valence-electron chi connectivity index (χ2n) is 7.67. The molecule has 4 aliphatic rings. The molecule has 0 aromatic heterocycles. The van der Waals surface area contributed by atoms with Crippen molar-refractivity contribution in [1.82, 2.24) is 4.90 Å². The Morgan fingerprint density at radius 2 is 2.14 bits per heavy atom. The van der Waals surface area contributed by atoms with Gasteiger partial charge in [0.2, 0.25) is 5.91 Å². The minimum absolute atomic E-state index is 0.288. The van der Waals surface area contributed by atoms with Crippen LogP contribution in [0.25, 0.3) is 0 Å². The van der Waals surface area contributed by atoms with Crippen LogP contribution in [0.15, 0.2) is 0 Å². The van der Waals surface area contributed by atoms with Crippen LogP contribution in [0.2, 0.25) is 0 Å². The molecular weight excluding hydrogens is 266 g/mol. The topological polar surface area (TPSA) is 38.8 Å². The first-order valence-corrected chi connectivity index (χ1v) is 8.70. The van der Waals surface area contributed by atoms with Gasteiger partial charge in [0, 0.05) is 38.1 Å². The van der Waals surface area contributed by atoms with Gasteiger partial charge in [-0.2, -0.15) is 0 Å². The fourth-order valence-electron chi connectivity index (χ4n) is 3.95. The summed E-state index contributed by atoms with van der Waals surface area (Å²) in [5, 5.41) is 0. The van der Waals surface area contributed by atoms with Gasteiger partial charge in [-0.1, -0.05) is 6.92 Å².